The highest BCUT2D eigenvalue weighted by atomic mass is 16.6. The van der Waals surface area contributed by atoms with Crippen LogP contribution in [-0.4, -0.2) is 17.0 Å². The summed E-state index contributed by atoms with van der Waals surface area (Å²) in [4.78, 5) is 21.0. The summed E-state index contributed by atoms with van der Waals surface area (Å²) in [6, 6.07) is 0. The number of ether oxygens (including phenoxy) is 1. The molecule has 0 aliphatic heterocycles. The van der Waals surface area contributed by atoms with Crippen molar-refractivity contribution < 1.29 is 19.4 Å². The first-order valence-electron chi connectivity index (χ1n) is 3.33. The van der Waals surface area contributed by atoms with Gasteiger partial charge in [-0.2, -0.15) is 0 Å². The lowest BCUT2D eigenvalue weighted by atomic mass is 10.4. The Kier molecular flexibility index (Phi) is 4.45. The molecule has 0 saturated carbocycles. The zero-order valence-corrected chi connectivity index (χ0v) is 6.74. The highest BCUT2D eigenvalue weighted by Gasteiger charge is 2.10. The average Bonchev–Trinajstić information content (AvgIpc) is 2.00. The number of carboxylic acid groups (broad SMARTS) is 1. The Morgan fingerprint density at radius 3 is 2.50 bits per heavy atom. The molecule has 66 valence electrons. The largest absolute Gasteiger partial charge is 0.475 e. The van der Waals surface area contributed by atoms with Crippen molar-refractivity contribution in [1.29, 1.82) is 0 Å². The molecular weight excluding hydrogens is 160 g/mol. The first-order chi connectivity index (χ1) is 5.61. The van der Waals surface area contributed by atoms with Gasteiger partial charge in [0, 0.05) is 0 Å². The lowest BCUT2D eigenvalue weighted by Gasteiger charge is -2.00. The van der Waals surface area contributed by atoms with Gasteiger partial charge in [-0.3, -0.25) is 4.79 Å². The van der Waals surface area contributed by atoms with Crippen LogP contribution in [0.15, 0.2) is 24.5 Å². The van der Waals surface area contributed by atoms with Gasteiger partial charge in [0.05, 0.1) is 6.42 Å². The number of aliphatic carboxylic acids is 1. The van der Waals surface area contributed by atoms with Gasteiger partial charge in [-0.15, -0.1) is 6.58 Å². The van der Waals surface area contributed by atoms with E-state index in [4.69, 9.17) is 5.11 Å². The molecular formula is C8H10O4. The first-order valence-corrected chi connectivity index (χ1v) is 3.33. The highest BCUT2D eigenvalue weighted by molar-refractivity contribution is 5.88. The van der Waals surface area contributed by atoms with Gasteiger partial charge in [-0.25, -0.2) is 4.79 Å². The first kappa shape index (κ1) is 10.4. The third-order valence-corrected chi connectivity index (χ3v) is 1.01. The summed E-state index contributed by atoms with van der Waals surface area (Å²) in [5, 5.41) is 8.42. The maximum atomic E-state index is 10.7. The van der Waals surface area contributed by atoms with Gasteiger partial charge in [-0.05, 0) is 13.0 Å². The fraction of sp³-hybridized carbons (Fsp3) is 0.250. The van der Waals surface area contributed by atoms with E-state index in [1.54, 1.807) is 0 Å². The van der Waals surface area contributed by atoms with Gasteiger partial charge in [0.25, 0.3) is 0 Å². The zero-order chi connectivity index (χ0) is 9.56. The Bertz CT molecular complexity index is 227. The van der Waals surface area contributed by atoms with Crippen molar-refractivity contribution in [3.05, 3.63) is 24.5 Å². The molecule has 0 aliphatic rings. The average molecular weight is 170 g/mol. The quantitative estimate of drug-likeness (QED) is 0.297. The summed E-state index contributed by atoms with van der Waals surface area (Å²) in [5.41, 5.74) is 0. The maximum Gasteiger partial charge on any atom is 0.371 e. The van der Waals surface area contributed by atoms with Crippen molar-refractivity contribution in [2.45, 2.75) is 13.3 Å². The number of carboxylic acids is 1. The molecule has 0 atom stereocenters. The lowest BCUT2D eigenvalue weighted by Crippen LogP contribution is -2.10. The third kappa shape index (κ3) is 3.55. The van der Waals surface area contributed by atoms with E-state index in [0.717, 1.165) is 0 Å². The molecule has 0 radical (unpaired) electrons. The Labute approximate surface area is 70.1 Å². The van der Waals surface area contributed by atoms with Crippen LogP contribution in [0.2, 0.25) is 0 Å². The number of hydrogen-bond donors (Lipinski definition) is 1. The van der Waals surface area contributed by atoms with Crippen molar-refractivity contribution in [2.24, 2.45) is 0 Å². The number of carbonyl (C=O) groups excluding carboxylic acids is 1. The van der Waals surface area contributed by atoms with Crippen LogP contribution in [0.3, 0.4) is 0 Å². The molecule has 0 aromatic rings. The molecule has 1 N–H and O–H groups in total. The van der Waals surface area contributed by atoms with Crippen molar-refractivity contribution in [3.63, 3.8) is 0 Å². The van der Waals surface area contributed by atoms with Gasteiger partial charge in [0.2, 0.25) is 5.76 Å². The topological polar surface area (TPSA) is 63.6 Å². The number of hydrogen-bond acceptors (Lipinski definition) is 3. The highest BCUT2D eigenvalue weighted by Crippen LogP contribution is 1.99. The van der Waals surface area contributed by atoms with Gasteiger partial charge >= 0.3 is 11.9 Å². The molecule has 0 aromatic carbocycles. The van der Waals surface area contributed by atoms with Crippen LogP contribution in [0.5, 0.6) is 0 Å². The van der Waals surface area contributed by atoms with E-state index in [0.29, 0.717) is 0 Å². The molecule has 0 aliphatic carbocycles. The lowest BCUT2D eigenvalue weighted by molar-refractivity contribution is -0.147. The second kappa shape index (κ2) is 5.12. The number of esters is 1. The van der Waals surface area contributed by atoms with E-state index in [-0.39, 0.29) is 12.2 Å². The standard InChI is InChI=1S/C8H10O4/c1-3-5-7(9)12-6(4-2)8(10)11/h3-4H,1,5H2,2H3,(H,10,11). The molecule has 12 heavy (non-hydrogen) atoms. The van der Waals surface area contributed by atoms with Crippen molar-refractivity contribution >= 4 is 11.9 Å². The van der Waals surface area contributed by atoms with Crippen LogP contribution < -0.4 is 0 Å². The molecule has 0 aromatic heterocycles. The summed E-state index contributed by atoms with van der Waals surface area (Å²) in [5.74, 6) is -2.24. The van der Waals surface area contributed by atoms with Crippen molar-refractivity contribution in [1.82, 2.24) is 0 Å². The normalized spacial score (nSPS) is 10.6. The monoisotopic (exact) mass is 170 g/mol. The molecule has 0 amide bonds. The van der Waals surface area contributed by atoms with Crippen LogP contribution in [0.4, 0.5) is 0 Å². The van der Waals surface area contributed by atoms with Gasteiger partial charge in [-0.1, -0.05) is 6.08 Å². The molecule has 0 bridgehead atoms. The molecule has 0 heterocycles. The number of allylic oxidation sites excluding steroid dienone is 1. The summed E-state index contributed by atoms with van der Waals surface area (Å²) in [6.07, 6.45) is 2.56. The second-order valence-corrected chi connectivity index (χ2v) is 1.92. The summed E-state index contributed by atoms with van der Waals surface area (Å²) < 4.78 is 4.45. The van der Waals surface area contributed by atoms with E-state index in [9.17, 15) is 9.59 Å². The Hall–Kier alpha value is -1.58. The molecule has 4 nitrogen and oxygen atoms in total. The van der Waals surface area contributed by atoms with Crippen molar-refractivity contribution in [2.75, 3.05) is 0 Å². The van der Waals surface area contributed by atoms with E-state index in [2.05, 4.69) is 11.3 Å². The number of carbonyl (C=O) groups is 2. The Morgan fingerprint density at radius 1 is 1.58 bits per heavy atom. The zero-order valence-electron chi connectivity index (χ0n) is 6.74. The predicted molar refractivity (Wildman–Crippen MR) is 42.3 cm³/mol. The smallest absolute Gasteiger partial charge is 0.371 e. The summed E-state index contributed by atoms with van der Waals surface area (Å²) in [6.45, 7) is 4.79. The minimum Gasteiger partial charge on any atom is -0.475 e. The minimum atomic E-state index is -1.25. The molecule has 4 heteroatoms. The van der Waals surface area contributed by atoms with Gasteiger partial charge < -0.3 is 9.84 Å². The van der Waals surface area contributed by atoms with Crippen LogP contribution in [0.25, 0.3) is 0 Å². The van der Waals surface area contributed by atoms with E-state index < -0.39 is 11.9 Å². The van der Waals surface area contributed by atoms with Crippen molar-refractivity contribution in [3.8, 4) is 0 Å². The van der Waals surface area contributed by atoms with Crippen LogP contribution in [0, 0.1) is 0 Å². The molecule has 0 unspecified atom stereocenters. The molecule has 0 spiro atoms. The van der Waals surface area contributed by atoms with Crippen LogP contribution in [0.1, 0.15) is 13.3 Å². The van der Waals surface area contributed by atoms with Gasteiger partial charge in [0.15, 0.2) is 0 Å². The molecule has 0 rings (SSSR count). The summed E-state index contributed by atoms with van der Waals surface area (Å²) >= 11 is 0. The van der Waals surface area contributed by atoms with E-state index in [1.165, 1.54) is 19.1 Å². The van der Waals surface area contributed by atoms with Crippen LogP contribution in [-0.2, 0) is 14.3 Å². The fourth-order valence-corrected chi connectivity index (χ4v) is 0.508. The summed E-state index contributed by atoms with van der Waals surface area (Å²) in [7, 11) is 0. The maximum absolute atomic E-state index is 10.7. The van der Waals surface area contributed by atoms with E-state index >= 15 is 0 Å². The minimum absolute atomic E-state index is 0.00458. The fourth-order valence-electron chi connectivity index (χ4n) is 0.508. The van der Waals surface area contributed by atoms with E-state index in [1.807, 2.05) is 0 Å². The Balaban J connectivity index is 4.13. The SMILES string of the molecule is C=CCC(=O)OC(=CC)C(=O)O. The number of rotatable bonds is 4. The third-order valence-electron chi connectivity index (χ3n) is 1.01. The van der Waals surface area contributed by atoms with Gasteiger partial charge in [0.1, 0.15) is 0 Å². The predicted octanol–water partition coefficient (Wildman–Crippen LogP) is 1.09. The second-order valence-electron chi connectivity index (χ2n) is 1.92. The van der Waals surface area contributed by atoms with Crippen LogP contribution >= 0.6 is 0 Å². The Morgan fingerprint density at radius 2 is 2.17 bits per heavy atom. The molecule has 0 saturated heterocycles. The molecule has 0 fully saturated rings.